The summed E-state index contributed by atoms with van der Waals surface area (Å²) in [6.07, 6.45) is 0.418. The Balaban J connectivity index is 1.24. The first-order valence-corrected chi connectivity index (χ1v) is 21.3. The molecule has 0 saturated heterocycles. The third-order valence-corrected chi connectivity index (χ3v) is 11.2. The molecule has 3 amide bonds. The average molecular weight is 829 g/mol. The van der Waals surface area contributed by atoms with Crippen LogP contribution in [-0.2, 0) is 58.5 Å². The number of nitrogens with one attached hydrogen (secondary N) is 2. The molecule has 0 aliphatic carbocycles. The van der Waals surface area contributed by atoms with Gasteiger partial charge in [0.1, 0.15) is 18.0 Å². The third kappa shape index (κ3) is 12.0. The molecule has 2 heterocycles. The number of anilines is 1. The largest absolute Gasteiger partial charge is 0.381 e. The first-order chi connectivity index (χ1) is 28.1. The molecule has 15 nitrogen and oxygen atoms in total. The smallest absolute Gasteiger partial charge is 0.278 e. The first-order valence-electron chi connectivity index (χ1n) is 19.8. The van der Waals surface area contributed by atoms with E-state index >= 15 is 0 Å². The Morgan fingerprint density at radius 2 is 1.53 bits per heavy atom. The minimum absolute atomic E-state index is 0.0137. The van der Waals surface area contributed by atoms with Crippen LogP contribution in [0.2, 0.25) is 0 Å². The maximum Gasteiger partial charge on any atom is 0.278 e. The number of fused-ring (bicyclic) bond motifs is 5. The number of rotatable bonds is 20. The lowest BCUT2D eigenvalue weighted by Gasteiger charge is -2.28. The van der Waals surface area contributed by atoms with Crippen LogP contribution in [0.3, 0.4) is 0 Å². The number of Topliss-reactive ketones (excluding diaryl/α,β-unsaturated/α-hetero) is 2. The number of nitrogens with zero attached hydrogens (tertiary/aromatic N) is 4. The van der Waals surface area contributed by atoms with Crippen LogP contribution < -0.4 is 15.5 Å². The molecular formula is C43H52N6O9S. The summed E-state index contributed by atoms with van der Waals surface area (Å²) >= 11 is 0. The van der Waals surface area contributed by atoms with Crippen LogP contribution in [0.25, 0.3) is 22.5 Å². The van der Waals surface area contributed by atoms with Crippen LogP contribution in [-0.4, -0.2) is 82.3 Å². The second-order valence-electron chi connectivity index (χ2n) is 15.1. The van der Waals surface area contributed by atoms with Crippen molar-refractivity contribution >= 4 is 45.1 Å². The van der Waals surface area contributed by atoms with Crippen LogP contribution in [0.15, 0.2) is 72.8 Å². The van der Waals surface area contributed by atoms with Crippen molar-refractivity contribution < 1.29 is 41.7 Å². The molecule has 0 radical (unpaired) electrons. The molecule has 3 N–H and O–H groups in total. The fourth-order valence-corrected chi connectivity index (χ4v) is 7.28. The molecule has 16 heteroatoms. The highest BCUT2D eigenvalue weighted by atomic mass is 32.2. The van der Waals surface area contributed by atoms with Gasteiger partial charge in [0.05, 0.1) is 24.5 Å². The van der Waals surface area contributed by atoms with E-state index in [1.165, 1.54) is 4.68 Å². The van der Waals surface area contributed by atoms with Gasteiger partial charge >= 0.3 is 0 Å². The second-order valence-corrected chi connectivity index (χ2v) is 16.7. The van der Waals surface area contributed by atoms with Gasteiger partial charge in [-0.05, 0) is 35.1 Å². The van der Waals surface area contributed by atoms with E-state index in [4.69, 9.17) is 4.74 Å². The van der Waals surface area contributed by atoms with Crippen molar-refractivity contribution in [1.82, 2.24) is 25.6 Å². The van der Waals surface area contributed by atoms with Gasteiger partial charge in [-0.3, -0.25) is 28.5 Å². The number of amides is 3. The van der Waals surface area contributed by atoms with Crippen molar-refractivity contribution in [2.24, 2.45) is 5.92 Å². The van der Waals surface area contributed by atoms with Gasteiger partial charge in [0, 0.05) is 62.4 Å². The van der Waals surface area contributed by atoms with Crippen LogP contribution in [0.5, 0.6) is 0 Å². The molecular weight excluding hydrogens is 777 g/mol. The zero-order valence-electron chi connectivity index (χ0n) is 33.8. The second kappa shape index (κ2) is 20.4. The molecule has 314 valence electrons. The number of benzene rings is 3. The molecule has 1 unspecified atom stereocenters. The van der Waals surface area contributed by atoms with Gasteiger partial charge in [0.15, 0.2) is 11.0 Å². The monoisotopic (exact) mass is 828 g/mol. The molecule has 4 aromatic rings. The number of hydrogen-bond acceptors (Lipinski definition) is 10. The number of hydrogen-bond donors (Lipinski definition) is 3. The predicted octanol–water partition coefficient (Wildman–Crippen LogP) is 5.03. The Morgan fingerprint density at radius 1 is 0.831 bits per heavy atom. The molecule has 1 aliphatic rings. The molecule has 0 fully saturated rings. The topological polar surface area (TPSA) is 207 Å². The van der Waals surface area contributed by atoms with Gasteiger partial charge < -0.3 is 20.3 Å². The highest BCUT2D eigenvalue weighted by Crippen LogP contribution is 2.41. The number of para-hydroxylation sites is 1. The van der Waals surface area contributed by atoms with Gasteiger partial charge in [-0.15, -0.1) is 5.10 Å². The molecule has 0 bridgehead atoms. The van der Waals surface area contributed by atoms with Crippen molar-refractivity contribution in [3.63, 3.8) is 0 Å². The lowest BCUT2D eigenvalue weighted by Crippen LogP contribution is -2.46. The maximum absolute atomic E-state index is 14.0. The Morgan fingerprint density at radius 3 is 2.22 bits per heavy atom. The summed E-state index contributed by atoms with van der Waals surface area (Å²) < 4.78 is 41.3. The van der Waals surface area contributed by atoms with Gasteiger partial charge in [0.25, 0.3) is 10.1 Å². The van der Waals surface area contributed by atoms with E-state index in [1.807, 2.05) is 82.3 Å². The average Bonchev–Trinajstić information content (AvgIpc) is 3.60. The molecule has 1 atom stereocenters. The highest BCUT2D eigenvalue weighted by molar-refractivity contribution is 7.87. The van der Waals surface area contributed by atoms with E-state index in [1.54, 1.807) is 23.1 Å². The quantitative estimate of drug-likeness (QED) is 0.0796. The van der Waals surface area contributed by atoms with Crippen molar-refractivity contribution in [3.8, 4) is 22.5 Å². The number of carbonyl (C=O) groups is 5. The minimum Gasteiger partial charge on any atom is -0.381 e. The summed E-state index contributed by atoms with van der Waals surface area (Å²) in [5.74, 6) is -1.80. The fraction of sp³-hybridized carbons (Fsp3) is 0.419. The molecule has 0 saturated carbocycles. The van der Waals surface area contributed by atoms with Crippen LogP contribution in [0, 0.1) is 5.92 Å². The summed E-state index contributed by atoms with van der Waals surface area (Å²) in [5, 5.41) is 11.8. The van der Waals surface area contributed by atoms with E-state index in [0.717, 1.165) is 22.3 Å². The normalized spacial score (nSPS) is 12.8. The highest BCUT2D eigenvalue weighted by Gasteiger charge is 2.33. The van der Waals surface area contributed by atoms with E-state index in [-0.39, 0.29) is 56.4 Å². The zero-order chi connectivity index (χ0) is 42.7. The number of carbonyl (C=O) groups excluding carboxylic acids is 5. The molecule has 1 aliphatic heterocycles. The lowest BCUT2D eigenvalue weighted by molar-refractivity contribution is -0.125. The van der Waals surface area contributed by atoms with Crippen LogP contribution >= 0.6 is 0 Å². The Bertz CT molecular complexity index is 2250. The van der Waals surface area contributed by atoms with Gasteiger partial charge in [0.2, 0.25) is 17.7 Å². The Labute approximate surface area is 344 Å². The molecule has 0 spiro atoms. The molecule has 3 aromatic carbocycles. The van der Waals surface area contributed by atoms with E-state index in [9.17, 15) is 36.9 Å². The predicted molar refractivity (Wildman–Crippen MR) is 222 cm³/mol. The third-order valence-electron chi connectivity index (χ3n) is 10.1. The molecule has 1 aromatic heterocycles. The van der Waals surface area contributed by atoms with Crippen molar-refractivity contribution in [3.05, 3.63) is 89.5 Å². The van der Waals surface area contributed by atoms with Crippen LogP contribution in [0.4, 0.5) is 5.69 Å². The summed E-state index contributed by atoms with van der Waals surface area (Å²) in [4.78, 5) is 66.5. The van der Waals surface area contributed by atoms with Gasteiger partial charge in [-0.2, -0.15) is 8.42 Å². The fourth-order valence-electron chi connectivity index (χ4n) is 6.64. The Hall–Kier alpha value is -5.58. The van der Waals surface area contributed by atoms with Crippen molar-refractivity contribution in [2.75, 3.05) is 24.7 Å². The lowest BCUT2D eigenvalue weighted by atomic mass is 9.95. The summed E-state index contributed by atoms with van der Waals surface area (Å²) in [7, 11) is -4.90. The van der Waals surface area contributed by atoms with Gasteiger partial charge in [-0.1, -0.05) is 99.6 Å². The number of ketones is 2. The summed E-state index contributed by atoms with van der Waals surface area (Å²) in [6, 6.07) is 22.0. The Kier molecular flexibility index (Phi) is 15.4. The van der Waals surface area contributed by atoms with E-state index in [2.05, 4.69) is 20.9 Å². The minimum atomic E-state index is -4.90. The van der Waals surface area contributed by atoms with E-state index in [0.29, 0.717) is 54.6 Å². The first kappa shape index (κ1) is 44.5. The molecule has 59 heavy (non-hydrogen) atoms. The van der Waals surface area contributed by atoms with Crippen LogP contribution in [0.1, 0.15) is 82.4 Å². The summed E-state index contributed by atoms with van der Waals surface area (Å²) in [6.45, 7) is 7.79. The van der Waals surface area contributed by atoms with E-state index < -0.39 is 39.6 Å². The van der Waals surface area contributed by atoms with Crippen molar-refractivity contribution in [1.29, 1.82) is 0 Å². The SMILES string of the molecule is CC(C)C(=O)CCOCCCC(=O)Cn1nnc2c1-c1ccccc1N(C(=O)CCC(=O)NCC(C(=O)NCc1ccc(C(C)C)cc1)S(=O)(=O)O)Cc1ccccc1-2. The van der Waals surface area contributed by atoms with Crippen molar-refractivity contribution in [2.45, 2.75) is 90.6 Å². The summed E-state index contributed by atoms with van der Waals surface area (Å²) in [5.41, 5.74) is 5.50. The van der Waals surface area contributed by atoms with Gasteiger partial charge in [-0.25, -0.2) is 4.68 Å². The number of aromatic nitrogens is 3. The standard InChI is InChI=1S/C43H52N6O9S/c1-28(2)31-17-15-30(16-18-31)24-45-43(54)38(59(55,56)57)25-44-39(52)19-20-40(53)48-26-32-10-5-6-12-34(32)41-42(35-13-7-8-14-36(35)48)49(47-46-41)27-33(50)11-9-22-58-23-21-37(51)29(3)4/h5-8,10,12-18,28-29,38H,9,11,19-27H2,1-4H3,(H,44,52)(H,45,54)(H,55,56,57). The zero-order valence-corrected chi connectivity index (χ0v) is 34.7. The maximum atomic E-state index is 14.0. The molecule has 5 rings (SSSR count). The number of ether oxygens (including phenoxy) is 1.